The van der Waals surface area contributed by atoms with Gasteiger partial charge in [0.05, 0.1) is 5.56 Å². The Bertz CT molecular complexity index is 1870. The van der Waals surface area contributed by atoms with Gasteiger partial charge in [-0.3, -0.25) is 9.78 Å². The zero-order chi connectivity index (χ0) is 29.4. The predicted molar refractivity (Wildman–Crippen MR) is 160 cm³/mol. The number of furan rings is 1. The Morgan fingerprint density at radius 1 is 1.02 bits per heavy atom. The number of ether oxygens (including phenoxy) is 1. The second kappa shape index (κ2) is 10.9. The SMILES string of the molecule is CNC(=O)c1c(-c2ccc(Oc3ccc(F)cc3)cc2)oc2cc(N(CS(C)(=O)=O)c3ccncc3)c(C3CC3)cc12. The van der Waals surface area contributed by atoms with E-state index in [1.807, 2.05) is 12.1 Å². The van der Waals surface area contributed by atoms with Crippen molar-refractivity contribution in [3.63, 3.8) is 0 Å². The van der Waals surface area contributed by atoms with Crippen molar-refractivity contribution in [1.29, 1.82) is 0 Å². The predicted octanol–water partition coefficient (Wildman–Crippen LogP) is 6.80. The largest absolute Gasteiger partial charge is 0.457 e. The summed E-state index contributed by atoms with van der Waals surface area (Å²) in [7, 11) is -1.84. The van der Waals surface area contributed by atoms with Gasteiger partial charge in [-0.1, -0.05) is 0 Å². The highest BCUT2D eigenvalue weighted by molar-refractivity contribution is 7.90. The van der Waals surface area contributed by atoms with Crippen molar-refractivity contribution in [2.75, 3.05) is 24.1 Å². The Kier molecular flexibility index (Phi) is 7.16. The number of sulfone groups is 1. The normalized spacial score (nSPS) is 13.2. The van der Waals surface area contributed by atoms with E-state index >= 15 is 0 Å². The second-order valence-electron chi connectivity index (χ2n) is 10.3. The van der Waals surface area contributed by atoms with Gasteiger partial charge < -0.3 is 19.4 Å². The molecular formula is C32H28FN3O5S. The first-order valence-electron chi connectivity index (χ1n) is 13.4. The molecular weight excluding hydrogens is 557 g/mol. The van der Waals surface area contributed by atoms with Crippen LogP contribution < -0.4 is 15.0 Å². The maximum Gasteiger partial charge on any atom is 0.255 e. The number of pyridine rings is 1. The summed E-state index contributed by atoms with van der Waals surface area (Å²) >= 11 is 0. The lowest BCUT2D eigenvalue weighted by Crippen LogP contribution is -2.25. The van der Waals surface area contributed by atoms with Gasteiger partial charge in [-0.05, 0) is 91.1 Å². The number of carbonyl (C=O) groups is 1. The minimum atomic E-state index is -3.41. The molecule has 5 aromatic rings. The molecule has 3 aromatic carbocycles. The lowest BCUT2D eigenvalue weighted by molar-refractivity contribution is 0.0964. The maximum atomic E-state index is 13.3. The molecule has 2 aromatic heterocycles. The fourth-order valence-electron chi connectivity index (χ4n) is 5.01. The number of nitrogens with one attached hydrogen (secondary N) is 1. The Hall–Kier alpha value is -4.70. The molecule has 0 radical (unpaired) electrons. The first-order valence-corrected chi connectivity index (χ1v) is 15.5. The molecule has 1 aliphatic carbocycles. The molecule has 0 aliphatic heterocycles. The monoisotopic (exact) mass is 585 g/mol. The third kappa shape index (κ3) is 5.71. The van der Waals surface area contributed by atoms with Crippen LogP contribution in [-0.4, -0.2) is 38.5 Å². The molecule has 1 N–H and O–H groups in total. The molecule has 214 valence electrons. The average Bonchev–Trinajstić information content (AvgIpc) is 3.77. The summed E-state index contributed by atoms with van der Waals surface area (Å²) in [4.78, 5) is 19.1. The number of anilines is 2. The Labute approximate surface area is 242 Å². The molecule has 0 unspecified atom stereocenters. The fourth-order valence-corrected chi connectivity index (χ4v) is 5.77. The Morgan fingerprint density at radius 2 is 1.67 bits per heavy atom. The van der Waals surface area contributed by atoms with Crippen LogP contribution in [0.25, 0.3) is 22.3 Å². The molecule has 10 heteroatoms. The van der Waals surface area contributed by atoms with Gasteiger partial charge in [0.15, 0.2) is 9.84 Å². The van der Waals surface area contributed by atoms with E-state index in [1.54, 1.807) is 72.9 Å². The molecule has 6 rings (SSSR count). The number of rotatable bonds is 9. The highest BCUT2D eigenvalue weighted by atomic mass is 32.2. The van der Waals surface area contributed by atoms with E-state index in [0.29, 0.717) is 50.7 Å². The lowest BCUT2D eigenvalue weighted by atomic mass is 10.00. The molecule has 8 nitrogen and oxygen atoms in total. The number of carbonyl (C=O) groups excluding carboxylic acids is 1. The first-order chi connectivity index (χ1) is 20.2. The third-order valence-corrected chi connectivity index (χ3v) is 7.83. The van der Waals surface area contributed by atoms with E-state index in [4.69, 9.17) is 9.15 Å². The molecule has 42 heavy (non-hydrogen) atoms. The average molecular weight is 586 g/mol. The summed E-state index contributed by atoms with van der Waals surface area (Å²) in [6.45, 7) is 0. The number of hydrogen-bond acceptors (Lipinski definition) is 7. The highest BCUT2D eigenvalue weighted by Gasteiger charge is 2.32. The summed E-state index contributed by atoms with van der Waals surface area (Å²) in [6.07, 6.45) is 6.39. The standard InChI is InChI=1S/C32H28FN3O5S/c1-34-32(37)30-27-17-26(20-3-4-20)28(36(19-42(2,38)39)23-13-15-35-16-14-23)18-29(27)41-31(30)21-5-9-24(10-6-21)40-25-11-7-22(33)8-12-25/h5-18,20H,3-4,19H2,1-2H3,(H,34,37). The molecule has 1 aliphatic rings. The van der Waals surface area contributed by atoms with E-state index in [9.17, 15) is 17.6 Å². The number of hydrogen-bond donors (Lipinski definition) is 1. The summed E-state index contributed by atoms with van der Waals surface area (Å²) in [5.41, 5.74) is 3.88. The smallest absolute Gasteiger partial charge is 0.255 e. The van der Waals surface area contributed by atoms with Crippen molar-refractivity contribution in [3.05, 3.63) is 102 Å². The quantitative estimate of drug-likeness (QED) is 0.203. The van der Waals surface area contributed by atoms with E-state index in [1.165, 1.54) is 18.4 Å². The number of fused-ring (bicyclic) bond motifs is 1. The van der Waals surface area contributed by atoms with Crippen LogP contribution in [0.5, 0.6) is 11.5 Å². The van der Waals surface area contributed by atoms with Crippen LogP contribution in [0.3, 0.4) is 0 Å². The maximum absolute atomic E-state index is 13.3. The Morgan fingerprint density at radius 3 is 2.26 bits per heavy atom. The van der Waals surface area contributed by atoms with Crippen molar-refractivity contribution < 1.29 is 26.8 Å². The van der Waals surface area contributed by atoms with Gasteiger partial charge >= 0.3 is 0 Å². The highest BCUT2D eigenvalue weighted by Crippen LogP contribution is 2.49. The lowest BCUT2D eigenvalue weighted by Gasteiger charge is -2.26. The van der Waals surface area contributed by atoms with Crippen LogP contribution in [0, 0.1) is 5.82 Å². The summed E-state index contributed by atoms with van der Waals surface area (Å²) in [6, 6.07) is 20.1. The zero-order valence-corrected chi connectivity index (χ0v) is 23.8. The number of halogens is 1. The summed E-state index contributed by atoms with van der Waals surface area (Å²) in [5, 5.41) is 3.37. The molecule has 1 amide bonds. The van der Waals surface area contributed by atoms with Crippen molar-refractivity contribution >= 4 is 38.1 Å². The van der Waals surface area contributed by atoms with Crippen LogP contribution in [0.2, 0.25) is 0 Å². The van der Waals surface area contributed by atoms with Crippen molar-refractivity contribution in [2.45, 2.75) is 18.8 Å². The van der Waals surface area contributed by atoms with Gasteiger partial charge in [0.2, 0.25) is 0 Å². The van der Waals surface area contributed by atoms with Crippen molar-refractivity contribution in [1.82, 2.24) is 10.3 Å². The van der Waals surface area contributed by atoms with Gasteiger partial charge in [0.1, 0.15) is 34.5 Å². The van der Waals surface area contributed by atoms with Gasteiger partial charge in [0.25, 0.3) is 5.91 Å². The van der Waals surface area contributed by atoms with Crippen LogP contribution in [0.4, 0.5) is 15.8 Å². The second-order valence-corrected chi connectivity index (χ2v) is 12.4. The van der Waals surface area contributed by atoms with Gasteiger partial charge in [0, 0.05) is 54.1 Å². The van der Waals surface area contributed by atoms with Gasteiger partial charge in [-0.25, -0.2) is 12.8 Å². The van der Waals surface area contributed by atoms with E-state index in [0.717, 1.165) is 18.4 Å². The summed E-state index contributed by atoms with van der Waals surface area (Å²) in [5.74, 6) is 0.780. The number of amides is 1. The van der Waals surface area contributed by atoms with Crippen LogP contribution in [-0.2, 0) is 9.84 Å². The molecule has 1 saturated carbocycles. The van der Waals surface area contributed by atoms with Crippen LogP contribution in [0.1, 0.15) is 34.7 Å². The van der Waals surface area contributed by atoms with E-state index in [-0.39, 0.29) is 23.5 Å². The van der Waals surface area contributed by atoms with Crippen LogP contribution >= 0.6 is 0 Å². The first kappa shape index (κ1) is 27.5. The van der Waals surface area contributed by atoms with Gasteiger partial charge in [-0.2, -0.15) is 0 Å². The van der Waals surface area contributed by atoms with E-state index in [2.05, 4.69) is 10.3 Å². The molecule has 0 bridgehead atoms. The van der Waals surface area contributed by atoms with E-state index < -0.39 is 9.84 Å². The topological polar surface area (TPSA) is 102 Å². The Balaban J connectivity index is 1.46. The molecule has 0 atom stereocenters. The molecule has 0 spiro atoms. The molecule has 1 fully saturated rings. The summed E-state index contributed by atoms with van der Waals surface area (Å²) < 4.78 is 50.5. The van der Waals surface area contributed by atoms with Crippen molar-refractivity contribution in [3.8, 4) is 22.8 Å². The number of aromatic nitrogens is 1. The zero-order valence-electron chi connectivity index (χ0n) is 23.0. The fraction of sp³-hybridized carbons (Fsp3) is 0.188. The van der Waals surface area contributed by atoms with Crippen molar-refractivity contribution in [2.24, 2.45) is 0 Å². The van der Waals surface area contributed by atoms with Gasteiger partial charge in [-0.15, -0.1) is 0 Å². The minimum Gasteiger partial charge on any atom is -0.457 e. The molecule has 0 saturated heterocycles. The molecule has 2 heterocycles. The number of nitrogens with zero attached hydrogens (tertiary/aromatic N) is 2. The number of benzene rings is 3. The minimum absolute atomic E-state index is 0.229. The van der Waals surface area contributed by atoms with Crippen LogP contribution in [0.15, 0.2) is 89.6 Å². The third-order valence-electron chi connectivity index (χ3n) is 7.10.